The van der Waals surface area contributed by atoms with Gasteiger partial charge in [-0.1, -0.05) is 0 Å². The van der Waals surface area contributed by atoms with Crippen LogP contribution >= 0.6 is 24.8 Å². The van der Waals surface area contributed by atoms with Crippen LogP contribution in [0, 0.1) is 5.92 Å². The van der Waals surface area contributed by atoms with E-state index < -0.39 is 0 Å². The molecule has 2 bridgehead atoms. The molecule has 0 aromatic heterocycles. The number of piperidine rings is 1. The monoisotopic (exact) mass is 325 g/mol. The maximum Gasteiger partial charge on any atom is 0.236 e. The average Bonchev–Trinajstić information content (AvgIpc) is 2.73. The highest BCUT2D eigenvalue weighted by molar-refractivity contribution is 5.85. The molecule has 0 unspecified atom stereocenters. The lowest BCUT2D eigenvalue weighted by molar-refractivity contribution is -0.133. The van der Waals surface area contributed by atoms with Crippen LogP contribution in [0.2, 0.25) is 0 Å². The van der Waals surface area contributed by atoms with E-state index in [0.29, 0.717) is 24.4 Å². The summed E-state index contributed by atoms with van der Waals surface area (Å²) in [6, 6.07) is 0.525. The van der Waals surface area contributed by atoms with Crippen LogP contribution in [0.15, 0.2) is 0 Å². The van der Waals surface area contributed by atoms with Crippen molar-refractivity contribution >= 4 is 30.7 Å². The Labute approximate surface area is 133 Å². The van der Waals surface area contributed by atoms with Gasteiger partial charge < -0.3 is 15.0 Å². The minimum Gasteiger partial charge on any atom is -0.379 e. The number of nitrogens with zero attached hydrogens (tertiary/aromatic N) is 2. The normalized spacial score (nSPS) is 30.1. The Morgan fingerprint density at radius 3 is 2.55 bits per heavy atom. The van der Waals surface area contributed by atoms with Gasteiger partial charge in [0.05, 0.1) is 19.8 Å². The maximum atomic E-state index is 12.4. The van der Waals surface area contributed by atoms with Crippen molar-refractivity contribution in [2.45, 2.75) is 18.9 Å². The molecule has 5 nitrogen and oxygen atoms in total. The molecule has 0 aromatic rings. The van der Waals surface area contributed by atoms with Gasteiger partial charge in [0.25, 0.3) is 0 Å². The van der Waals surface area contributed by atoms with Gasteiger partial charge >= 0.3 is 0 Å². The highest BCUT2D eigenvalue weighted by Gasteiger charge is 2.31. The number of carbonyl (C=O) groups excluding carboxylic acids is 1. The summed E-state index contributed by atoms with van der Waals surface area (Å²) >= 11 is 0. The summed E-state index contributed by atoms with van der Waals surface area (Å²) in [7, 11) is 0. The van der Waals surface area contributed by atoms with Crippen molar-refractivity contribution in [1.82, 2.24) is 15.1 Å². The zero-order valence-electron chi connectivity index (χ0n) is 11.8. The Balaban J connectivity index is 0.000001000. The molecule has 20 heavy (non-hydrogen) atoms. The van der Waals surface area contributed by atoms with Crippen molar-refractivity contribution < 1.29 is 9.53 Å². The first-order chi connectivity index (χ1) is 8.81. The summed E-state index contributed by atoms with van der Waals surface area (Å²) in [5.41, 5.74) is 0. The number of carbonyl (C=O) groups is 1. The molecule has 7 heteroatoms. The van der Waals surface area contributed by atoms with Crippen LogP contribution in [0.1, 0.15) is 12.8 Å². The Morgan fingerprint density at radius 2 is 1.90 bits per heavy atom. The number of ether oxygens (including phenoxy) is 1. The average molecular weight is 326 g/mol. The summed E-state index contributed by atoms with van der Waals surface area (Å²) in [5, 5.41) is 3.54. The van der Waals surface area contributed by atoms with Gasteiger partial charge in [-0.25, -0.2) is 0 Å². The van der Waals surface area contributed by atoms with Crippen LogP contribution in [0.3, 0.4) is 0 Å². The first-order valence-corrected chi connectivity index (χ1v) is 7.12. The molecule has 118 valence electrons. The molecule has 0 radical (unpaired) electrons. The van der Waals surface area contributed by atoms with Gasteiger partial charge in [0.1, 0.15) is 0 Å². The molecule has 4 fully saturated rings. The molecule has 4 saturated heterocycles. The number of rotatable bonds is 2. The molecular formula is C13H25Cl2N3O2. The first kappa shape index (κ1) is 18.0. The standard InChI is InChI=1S/C13H23N3O2.2ClH/c17-13(10-15-3-5-18-6-4-15)16-8-11-1-2-12(9-16)14-7-11;;/h11-12,14H,1-10H2;2*1H/t11-,12-;;/m0../s1. The van der Waals surface area contributed by atoms with Gasteiger partial charge in [0, 0.05) is 32.2 Å². The molecule has 0 aromatic carbocycles. The molecule has 0 saturated carbocycles. The van der Waals surface area contributed by atoms with Gasteiger partial charge in [-0.15, -0.1) is 24.8 Å². The quantitative estimate of drug-likeness (QED) is 0.797. The van der Waals surface area contributed by atoms with Crippen LogP contribution in [-0.4, -0.2) is 74.2 Å². The second-order valence-corrected chi connectivity index (χ2v) is 5.74. The second-order valence-electron chi connectivity index (χ2n) is 5.74. The maximum absolute atomic E-state index is 12.4. The number of amides is 1. The lowest BCUT2D eigenvalue weighted by Gasteiger charge is -2.29. The fourth-order valence-electron chi connectivity index (χ4n) is 3.19. The molecule has 0 spiro atoms. The Bertz CT molecular complexity index is 292. The van der Waals surface area contributed by atoms with Gasteiger partial charge in [-0.2, -0.15) is 0 Å². The molecule has 4 aliphatic heterocycles. The van der Waals surface area contributed by atoms with Crippen molar-refractivity contribution in [2.24, 2.45) is 5.92 Å². The fourth-order valence-corrected chi connectivity index (χ4v) is 3.19. The highest BCUT2D eigenvalue weighted by Crippen LogP contribution is 2.21. The summed E-state index contributed by atoms with van der Waals surface area (Å²) in [5.74, 6) is 0.967. The number of hydrogen-bond acceptors (Lipinski definition) is 4. The van der Waals surface area contributed by atoms with E-state index in [4.69, 9.17) is 4.74 Å². The molecule has 1 amide bonds. The Hall–Kier alpha value is -0.0700. The van der Waals surface area contributed by atoms with E-state index in [9.17, 15) is 4.79 Å². The van der Waals surface area contributed by atoms with Gasteiger partial charge in [0.15, 0.2) is 0 Å². The lowest BCUT2D eigenvalue weighted by atomic mass is 9.97. The zero-order valence-corrected chi connectivity index (χ0v) is 13.4. The Kier molecular flexibility index (Phi) is 7.54. The van der Waals surface area contributed by atoms with E-state index in [1.165, 1.54) is 12.8 Å². The van der Waals surface area contributed by atoms with E-state index in [1.54, 1.807) is 0 Å². The number of fused-ring (bicyclic) bond motifs is 4. The SMILES string of the molecule is Cl.Cl.O=C(CN1CCOCC1)N1C[C@H]2CC[C@@H](C1)NC2. The van der Waals surface area contributed by atoms with E-state index in [-0.39, 0.29) is 24.8 Å². The van der Waals surface area contributed by atoms with Crippen molar-refractivity contribution in [1.29, 1.82) is 0 Å². The molecular weight excluding hydrogens is 301 g/mol. The van der Waals surface area contributed by atoms with Crippen LogP contribution in [-0.2, 0) is 9.53 Å². The van der Waals surface area contributed by atoms with Gasteiger partial charge in [-0.3, -0.25) is 9.69 Å². The summed E-state index contributed by atoms with van der Waals surface area (Å²) < 4.78 is 5.31. The number of halogens is 2. The van der Waals surface area contributed by atoms with Crippen LogP contribution in [0.25, 0.3) is 0 Å². The van der Waals surface area contributed by atoms with E-state index in [0.717, 1.165) is 45.9 Å². The third-order valence-electron chi connectivity index (χ3n) is 4.35. The summed E-state index contributed by atoms with van der Waals surface area (Å²) in [6.07, 6.45) is 2.50. The van der Waals surface area contributed by atoms with Gasteiger partial charge in [0.2, 0.25) is 5.91 Å². The van der Waals surface area contributed by atoms with Crippen LogP contribution in [0.5, 0.6) is 0 Å². The molecule has 4 aliphatic rings. The number of nitrogens with one attached hydrogen (secondary N) is 1. The highest BCUT2D eigenvalue weighted by atomic mass is 35.5. The van der Waals surface area contributed by atoms with Crippen molar-refractivity contribution in [2.75, 3.05) is 52.5 Å². The first-order valence-electron chi connectivity index (χ1n) is 7.12. The predicted molar refractivity (Wildman–Crippen MR) is 82.8 cm³/mol. The summed E-state index contributed by atoms with van der Waals surface area (Å²) in [6.45, 7) is 6.83. The summed E-state index contributed by atoms with van der Waals surface area (Å²) in [4.78, 5) is 16.6. The van der Waals surface area contributed by atoms with E-state index in [1.807, 2.05) is 0 Å². The molecule has 0 aliphatic carbocycles. The fraction of sp³-hybridized carbons (Fsp3) is 0.923. The minimum atomic E-state index is 0. The minimum absolute atomic E-state index is 0. The van der Waals surface area contributed by atoms with E-state index in [2.05, 4.69) is 15.1 Å². The molecule has 1 N–H and O–H groups in total. The van der Waals surface area contributed by atoms with Gasteiger partial charge in [-0.05, 0) is 25.3 Å². The van der Waals surface area contributed by atoms with Crippen LogP contribution in [0.4, 0.5) is 0 Å². The van der Waals surface area contributed by atoms with Crippen molar-refractivity contribution in [3.8, 4) is 0 Å². The molecule has 4 rings (SSSR count). The smallest absolute Gasteiger partial charge is 0.236 e. The third kappa shape index (κ3) is 4.46. The predicted octanol–water partition coefficient (Wildman–Crippen LogP) is 0.373. The zero-order chi connectivity index (χ0) is 12.4. The number of morpholine rings is 1. The number of hydrogen-bond donors (Lipinski definition) is 1. The lowest BCUT2D eigenvalue weighted by Crippen LogP contribution is -2.46. The van der Waals surface area contributed by atoms with E-state index >= 15 is 0 Å². The Morgan fingerprint density at radius 1 is 1.15 bits per heavy atom. The van der Waals surface area contributed by atoms with Crippen molar-refractivity contribution in [3.63, 3.8) is 0 Å². The molecule has 4 heterocycles. The molecule has 2 atom stereocenters. The third-order valence-corrected chi connectivity index (χ3v) is 4.35. The largest absolute Gasteiger partial charge is 0.379 e. The topological polar surface area (TPSA) is 44.8 Å². The van der Waals surface area contributed by atoms with Crippen molar-refractivity contribution in [3.05, 3.63) is 0 Å². The van der Waals surface area contributed by atoms with Crippen LogP contribution < -0.4 is 5.32 Å². The second kappa shape index (κ2) is 8.39.